The summed E-state index contributed by atoms with van der Waals surface area (Å²) in [4.78, 5) is 4.40. The van der Waals surface area contributed by atoms with E-state index in [1.54, 1.807) is 0 Å². The predicted octanol–water partition coefficient (Wildman–Crippen LogP) is 2.99. The van der Waals surface area contributed by atoms with Crippen LogP contribution in [0, 0.1) is 12.8 Å². The lowest BCUT2D eigenvalue weighted by atomic mass is 9.83. The number of anilines is 1. The van der Waals surface area contributed by atoms with Gasteiger partial charge in [-0.05, 0) is 31.4 Å². The predicted molar refractivity (Wildman–Crippen MR) is 59.4 cm³/mol. The van der Waals surface area contributed by atoms with E-state index in [0.717, 1.165) is 24.0 Å². The van der Waals surface area contributed by atoms with E-state index in [-0.39, 0.29) is 0 Å². The smallest absolute Gasteiger partial charge is 0.126 e. The second kappa shape index (κ2) is 4.45. The molecule has 0 unspecified atom stereocenters. The maximum Gasteiger partial charge on any atom is 0.126 e. The van der Waals surface area contributed by atoms with Crippen LogP contribution < -0.4 is 5.32 Å². The molecule has 2 rings (SSSR count). The van der Waals surface area contributed by atoms with Crippen LogP contribution in [0.3, 0.4) is 0 Å². The summed E-state index contributed by atoms with van der Waals surface area (Å²) in [6.07, 6.45) is 5.61. The first-order valence-electron chi connectivity index (χ1n) is 5.52. The van der Waals surface area contributed by atoms with Crippen LogP contribution in [0.4, 0.5) is 5.82 Å². The monoisotopic (exact) mass is 190 g/mol. The Hall–Kier alpha value is -1.05. The number of aryl methyl sites for hydroxylation is 1. The molecule has 1 heterocycles. The van der Waals surface area contributed by atoms with Gasteiger partial charge in [0.25, 0.3) is 0 Å². The van der Waals surface area contributed by atoms with Crippen LogP contribution >= 0.6 is 0 Å². The van der Waals surface area contributed by atoms with E-state index in [1.807, 2.05) is 25.1 Å². The quantitative estimate of drug-likeness (QED) is 0.789. The summed E-state index contributed by atoms with van der Waals surface area (Å²) < 4.78 is 0. The fraction of sp³-hybridized carbons (Fsp3) is 0.583. The highest BCUT2D eigenvalue weighted by Gasteiger charge is 2.16. The molecule has 1 aliphatic rings. The van der Waals surface area contributed by atoms with Crippen molar-refractivity contribution >= 4 is 5.82 Å². The van der Waals surface area contributed by atoms with Crippen molar-refractivity contribution in [3.05, 3.63) is 23.9 Å². The fourth-order valence-electron chi connectivity index (χ4n) is 1.83. The molecule has 2 heteroatoms. The minimum atomic E-state index is 0.979. The molecule has 1 aliphatic carbocycles. The number of pyridine rings is 1. The van der Waals surface area contributed by atoms with Crippen molar-refractivity contribution in [1.29, 1.82) is 0 Å². The average molecular weight is 190 g/mol. The molecule has 76 valence electrons. The van der Waals surface area contributed by atoms with Crippen molar-refractivity contribution < 1.29 is 0 Å². The number of rotatable bonds is 4. The Morgan fingerprint density at radius 2 is 2.29 bits per heavy atom. The zero-order valence-corrected chi connectivity index (χ0v) is 8.79. The minimum Gasteiger partial charge on any atom is -0.370 e. The van der Waals surface area contributed by atoms with E-state index in [2.05, 4.69) is 10.3 Å². The first kappa shape index (κ1) is 9.50. The molecule has 0 aliphatic heterocycles. The molecular weight excluding hydrogens is 172 g/mol. The first-order valence-corrected chi connectivity index (χ1v) is 5.52. The molecule has 0 spiro atoms. The summed E-state index contributed by atoms with van der Waals surface area (Å²) in [6.45, 7) is 3.10. The maximum atomic E-state index is 4.40. The highest BCUT2D eigenvalue weighted by Crippen LogP contribution is 2.28. The molecule has 0 amide bonds. The van der Waals surface area contributed by atoms with Gasteiger partial charge in [-0.1, -0.05) is 25.3 Å². The summed E-state index contributed by atoms with van der Waals surface area (Å²) in [5.41, 5.74) is 1.08. The number of hydrogen-bond donors (Lipinski definition) is 1. The molecule has 0 bridgehead atoms. The van der Waals surface area contributed by atoms with Crippen molar-refractivity contribution in [3.8, 4) is 0 Å². The molecule has 0 atom stereocenters. The van der Waals surface area contributed by atoms with Gasteiger partial charge < -0.3 is 5.32 Å². The van der Waals surface area contributed by atoms with E-state index in [1.165, 1.54) is 25.7 Å². The van der Waals surface area contributed by atoms with Gasteiger partial charge in [0, 0.05) is 12.2 Å². The molecule has 2 nitrogen and oxygen atoms in total. The standard InChI is InChI=1S/C12H18N2/c1-10-4-2-7-12(14-10)13-9-8-11-5-3-6-11/h2,4,7,11H,3,5-6,8-9H2,1H3,(H,13,14). The Morgan fingerprint density at radius 1 is 1.43 bits per heavy atom. The van der Waals surface area contributed by atoms with Gasteiger partial charge in [0.1, 0.15) is 5.82 Å². The third-order valence-corrected chi connectivity index (χ3v) is 2.97. The van der Waals surface area contributed by atoms with Gasteiger partial charge in [-0.25, -0.2) is 4.98 Å². The molecule has 0 radical (unpaired) electrons. The first-order chi connectivity index (χ1) is 6.84. The Morgan fingerprint density at radius 3 is 2.93 bits per heavy atom. The van der Waals surface area contributed by atoms with Crippen LogP contribution in [0.5, 0.6) is 0 Å². The minimum absolute atomic E-state index is 0.979. The van der Waals surface area contributed by atoms with E-state index >= 15 is 0 Å². The van der Waals surface area contributed by atoms with Gasteiger partial charge in [0.05, 0.1) is 0 Å². The lowest BCUT2D eigenvalue weighted by Crippen LogP contribution is -2.15. The largest absolute Gasteiger partial charge is 0.370 e. The third-order valence-electron chi connectivity index (χ3n) is 2.97. The van der Waals surface area contributed by atoms with E-state index in [9.17, 15) is 0 Å². The number of nitrogens with one attached hydrogen (secondary N) is 1. The van der Waals surface area contributed by atoms with Crippen molar-refractivity contribution in [1.82, 2.24) is 4.98 Å². The SMILES string of the molecule is Cc1cccc(NCCC2CCC2)n1. The van der Waals surface area contributed by atoms with E-state index in [0.29, 0.717) is 0 Å². The van der Waals surface area contributed by atoms with Crippen LogP contribution in [0.25, 0.3) is 0 Å². The topological polar surface area (TPSA) is 24.9 Å². The molecule has 1 aromatic heterocycles. The zero-order valence-electron chi connectivity index (χ0n) is 8.79. The second-order valence-electron chi connectivity index (χ2n) is 4.18. The van der Waals surface area contributed by atoms with Gasteiger partial charge in [-0.3, -0.25) is 0 Å². The van der Waals surface area contributed by atoms with Crippen LogP contribution in [-0.4, -0.2) is 11.5 Å². The summed E-state index contributed by atoms with van der Waals surface area (Å²) in [5, 5.41) is 3.37. The summed E-state index contributed by atoms with van der Waals surface area (Å²) in [5.74, 6) is 2.00. The molecule has 14 heavy (non-hydrogen) atoms. The second-order valence-corrected chi connectivity index (χ2v) is 4.18. The highest BCUT2D eigenvalue weighted by molar-refractivity contribution is 5.34. The van der Waals surface area contributed by atoms with Crippen LogP contribution in [0.15, 0.2) is 18.2 Å². The van der Waals surface area contributed by atoms with Crippen LogP contribution in [-0.2, 0) is 0 Å². The third kappa shape index (κ3) is 2.47. The Kier molecular flexibility index (Phi) is 3.02. The van der Waals surface area contributed by atoms with Crippen molar-refractivity contribution in [3.63, 3.8) is 0 Å². The number of nitrogens with zero attached hydrogens (tertiary/aromatic N) is 1. The number of aromatic nitrogens is 1. The molecule has 0 saturated heterocycles. The van der Waals surface area contributed by atoms with Gasteiger partial charge in [0.2, 0.25) is 0 Å². The maximum absolute atomic E-state index is 4.40. The summed E-state index contributed by atoms with van der Waals surface area (Å²) in [6, 6.07) is 6.11. The fourth-order valence-corrected chi connectivity index (χ4v) is 1.83. The van der Waals surface area contributed by atoms with Gasteiger partial charge in [0.15, 0.2) is 0 Å². The van der Waals surface area contributed by atoms with Crippen LogP contribution in [0.2, 0.25) is 0 Å². The summed E-state index contributed by atoms with van der Waals surface area (Å²) in [7, 11) is 0. The normalized spacial score (nSPS) is 16.4. The van der Waals surface area contributed by atoms with E-state index < -0.39 is 0 Å². The average Bonchev–Trinajstić information content (AvgIpc) is 2.09. The van der Waals surface area contributed by atoms with Crippen molar-refractivity contribution in [2.45, 2.75) is 32.6 Å². The van der Waals surface area contributed by atoms with Crippen LogP contribution in [0.1, 0.15) is 31.4 Å². The molecule has 1 aromatic rings. The van der Waals surface area contributed by atoms with Gasteiger partial charge in [-0.15, -0.1) is 0 Å². The Balaban J connectivity index is 1.74. The Labute approximate surface area is 85.7 Å². The zero-order chi connectivity index (χ0) is 9.80. The lowest BCUT2D eigenvalue weighted by molar-refractivity contribution is 0.303. The molecule has 1 saturated carbocycles. The van der Waals surface area contributed by atoms with Crippen molar-refractivity contribution in [2.75, 3.05) is 11.9 Å². The van der Waals surface area contributed by atoms with E-state index in [4.69, 9.17) is 0 Å². The lowest BCUT2D eigenvalue weighted by Gasteiger charge is -2.25. The summed E-state index contributed by atoms with van der Waals surface area (Å²) >= 11 is 0. The molecule has 1 fully saturated rings. The van der Waals surface area contributed by atoms with Gasteiger partial charge >= 0.3 is 0 Å². The molecule has 1 N–H and O–H groups in total. The molecular formula is C12H18N2. The Bertz CT molecular complexity index is 292. The van der Waals surface area contributed by atoms with Crippen molar-refractivity contribution in [2.24, 2.45) is 5.92 Å². The molecule has 0 aromatic carbocycles. The highest BCUT2D eigenvalue weighted by atomic mass is 15.0. The van der Waals surface area contributed by atoms with Gasteiger partial charge in [-0.2, -0.15) is 0 Å². The number of hydrogen-bond acceptors (Lipinski definition) is 2.